The van der Waals surface area contributed by atoms with Gasteiger partial charge in [-0.25, -0.2) is 9.97 Å². The number of aryl methyl sites for hydroxylation is 1. The fourth-order valence-corrected chi connectivity index (χ4v) is 3.62. The van der Waals surface area contributed by atoms with E-state index in [2.05, 4.69) is 25.0 Å². The third kappa shape index (κ3) is 3.86. The molecule has 1 amide bonds. The van der Waals surface area contributed by atoms with Gasteiger partial charge in [0, 0.05) is 37.3 Å². The lowest BCUT2D eigenvalue weighted by molar-refractivity contribution is -0.135. The van der Waals surface area contributed by atoms with Crippen LogP contribution in [0, 0.1) is 0 Å². The van der Waals surface area contributed by atoms with Gasteiger partial charge in [-0.1, -0.05) is 24.4 Å². The maximum atomic E-state index is 12.8. The molecule has 7 nitrogen and oxygen atoms in total. The van der Waals surface area contributed by atoms with E-state index < -0.39 is 0 Å². The zero-order valence-corrected chi connectivity index (χ0v) is 14.3. The maximum Gasteiger partial charge on any atom is 0.240 e. The van der Waals surface area contributed by atoms with Crippen molar-refractivity contribution in [3.05, 3.63) is 24.4 Å². The Hall–Kier alpha value is -2.31. The van der Waals surface area contributed by atoms with E-state index >= 15 is 0 Å². The molecule has 0 saturated heterocycles. The van der Waals surface area contributed by atoms with Crippen molar-refractivity contribution in [2.75, 3.05) is 0 Å². The first kappa shape index (κ1) is 16.2. The summed E-state index contributed by atoms with van der Waals surface area (Å²) in [5, 5.41) is 3.91. The summed E-state index contributed by atoms with van der Waals surface area (Å²) in [6, 6.07) is 2.64. The van der Waals surface area contributed by atoms with E-state index in [4.69, 9.17) is 4.52 Å². The van der Waals surface area contributed by atoms with E-state index in [1.807, 2.05) is 0 Å². The second-order valence-electron chi connectivity index (χ2n) is 6.91. The standard InChI is InChI=1S/C18H23N5O2/c24-16(23(14-7-8-14)13-5-2-1-3-6-13)10-9-15-21-18(22-25-15)17-19-11-4-12-20-17/h4,11-14H,1-3,5-10H2. The number of amides is 1. The first-order valence-corrected chi connectivity index (χ1v) is 9.22. The highest BCUT2D eigenvalue weighted by Crippen LogP contribution is 2.34. The number of aromatic nitrogens is 4. The minimum absolute atomic E-state index is 0.227. The minimum atomic E-state index is 0.227. The van der Waals surface area contributed by atoms with Crippen molar-refractivity contribution in [2.45, 2.75) is 69.9 Å². The van der Waals surface area contributed by atoms with Gasteiger partial charge in [0.1, 0.15) is 0 Å². The zero-order chi connectivity index (χ0) is 17.1. The van der Waals surface area contributed by atoms with Crippen molar-refractivity contribution in [3.8, 4) is 11.6 Å². The fourth-order valence-electron chi connectivity index (χ4n) is 3.62. The highest BCUT2D eigenvalue weighted by molar-refractivity contribution is 5.77. The summed E-state index contributed by atoms with van der Waals surface area (Å²) in [5.74, 6) is 1.50. The predicted molar refractivity (Wildman–Crippen MR) is 90.4 cm³/mol. The number of hydrogen-bond donors (Lipinski definition) is 0. The largest absolute Gasteiger partial charge is 0.339 e. The number of rotatable bonds is 6. The number of hydrogen-bond acceptors (Lipinski definition) is 6. The van der Waals surface area contributed by atoms with Crippen molar-refractivity contribution in [2.24, 2.45) is 0 Å². The Morgan fingerprint density at radius 1 is 1.04 bits per heavy atom. The average molecular weight is 341 g/mol. The molecule has 2 fully saturated rings. The fraction of sp³-hybridized carbons (Fsp3) is 0.611. The van der Waals surface area contributed by atoms with Crippen LogP contribution in [-0.4, -0.2) is 43.0 Å². The molecule has 0 spiro atoms. The number of carbonyl (C=O) groups excluding carboxylic acids is 1. The summed E-state index contributed by atoms with van der Waals surface area (Å²) in [6.07, 6.45) is 12.6. The lowest BCUT2D eigenvalue weighted by atomic mass is 9.93. The topological polar surface area (TPSA) is 85.0 Å². The normalized spacial score (nSPS) is 18.2. The summed E-state index contributed by atoms with van der Waals surface area (Å²) in [7, 11) is 0. The molecule has 25 heavy (non-hydrogen) atoms. The quantitative estimate of drug-likeness (QED) is 0.803. The second-order valence-corrected chi connectivity index (χ2v) is 6.91. The Kier molecular flexibility index (Phi) is 4.72. The van der Waals surface area contributed by atoms with Crippen LogP contribution in [0.2, 0.25) is 0 Å². The molecule has 4 rings (SSSR count). The molecular formula is C18H23N5O2. The van der Waals surface area contributed by atoms with Crippen molar-refractivity contribution < 1.29 is 9.32 Å². The second kappa shape index (κ2) is 7.29. The molecule has 0 aliphatic heterocycles. The molecule has 2 aromatic heterocycles. The lowest BCUT2D eigenvalue weighted by Gasteiger charge is -2.34. The van der Waals surface area contributed by atoms with Gasteiger partial charge in [0.2, 0.25) is 23.4 Å². The molecule has 2 heterocycles. The van der Waals surface area contributed by atoms with Crippen molar-refractivity contribution in [1.29, 1.82) is 0 Å². The molecule has 0 unspecified atom stereocenters. The summed E-state index contributed by atoms with van der Waals surface area (Å²) < 4.78 is 5.26. The van der Waals surface area contributed by atoms with E-state index in [0.29, 0.717) is 42.5 Å². The van der Waals surface area contributed by atoms with E-state index in [0.717, 1.165) is 25.7 Å². The van der Waals surface area contributed by atoms with Crippen LogP contribution >= 0.6 is 0 Å². The molecule has 0 N–H and O–H groups in total. The average Bonchev–Trinajstić information content (AvgIpc) is 3.37. The van der Waals surface area contributed by atoms with Gasteiger partial charge < -0.3 is 9.42 Å². The van der Waals surface area contributed by atoms with Gasteiger partial charge >= 0.3 is 0 Å². The van der Waals surface area contributed by atoms with Gasteiger partial charge in [0.25, 0.3) is 0 Å². The van der Waals surface area contributed by atoms with E-state index in [1.54, 1.807) is 18.5 Å². The van der Waals surface area contributed by atoms with Crippen LogP contribution in [0.1, 0.15) is 57.3 Å². The molecule has 0 bridgehead atoms. The van der Waals surface area contributed by atoms with Crippen molar-refractivity contribution in [1.82, 2.24) is 25.0 Å². The van der Waals surface area contributed by atoms with Gasteiger partial charge in [0.05, 0.1) is 0 Å². The van der Waals surface area contributed by atoms with Crippen LogP contribution in [0.3, 0.4) is 0 Å². The Balaban J connectivity index is 1.37. The van der Waals surface area contributed by atoms with Gasteiger partial charge in [-0.2, -0.15) is 4.98 Å². The highest BCUT2D eigenvalue weighted by atomic mass is 16.5. The minimum Gasteiger partial charge on any atom is -0.339 e. The van der Waals surface area contributed by atoms with E-state index in [9.17, 15) is 4.79 Å². The maximum absolute atomic E-state index is 12.8. The molecule has 0 aromatic carbocycles. The molecule has 0 atom stereocenters. The zero-order valence-electron chi connectivity index (χ0n) is 14.3. The summed E-state index contributed by atoms with van der Waals surface area (Å²) in [6.45, 7) is 0. The molecule has 7 heteroatoms. The number of carbonyl (C=O) groups is 1. The van der Waals surface area contributed by atoms with Crippen LogP contribution in [0.5, 0.6) is 0 Å². The summed E-state index contributed by atoms with van der Waals surface area (Å²) in [5.41, 5.74) is 0. The third-order valence-corrected chi connectivity index (χ3v) is 4.98. The lowest BCUT2D eigenvalue weighted by Crippen LogP contribution is -2.43. The van der Waals surface area contributed by atoms with Gasteiger partial charge in [-0.05, 0) is 31.7 Å². The molecule has 132 valence electrons. The molecule has 2 saturated carbocycles. The first-order chi connectivity index (χ1) is 12.3. The molecule has 0 radical (unpaired) electrons. The number of nitrogens with zero attached hydrogens (tertiary/aromatic N) is 5. The smallest absolute Gasteiger partial charge is 0.240 e. The van der Waals surface area contributed by atoms with Gasteiger partial charge in [-0.15, -0.1) is 0 Å². The first-order valence-electron chi connectivity index (χ1n) is 9.22. The van der Waals surface area contributed by atoms with Crippen LogP contribution in [0.4, 0.5) is 0 Å². The third-order valence-electron chi connectivity index (χ3n) is 4.98. The SMILES string of the molecule is O=C(CCc1nc(-c2ncccn2)no1)N(C1CCCCC1)C1CC1. The monoisotopic (exact) mass is 341 g/mol. The molecule has 2 aliphatic carbocycles. The van der Waals surface area contributed by atoms with Crippen molar-refractivity contribution >= 4 is 5.91 Å². The van der Waals surface area contributed by atoms with Crippen LogP contribution < -0.4 is 0 Å². The summed E-state index contributed by atoms with van der Waals surface area (Å²) in [4.78, 5) is 27.5. The highest BCUT2D eigenvalue weighted by Gasteiger charge is 2.37. The Labute approximate surface area is 146 Å². The van der Waals surface area contributed by atoms with Crippen LogP contribution in [-0.2, 0) is 11.2 Å². The van der Waals surface area contributed by atoms with Gasteiger partial charge in [0.15, 0.2) is 0 Å². The van der Waals surface area contributed by atoms with Crippen LogP contribution in [0.15, 0.2) is 23.0 Å². The van der Waals surface area contributed by atoms with E-state index in [-0.39, 0.29) is 5.91 Å². The van der Waals surface area contributed by atoms with E-state index in [1.165, 1.54) is 19.3 Å². The molecule has 2 aliphatic rings. The summed E-state index contributed by atoms with van der Waals surface area (Å²) >= 11 is 0. The Morgan fingerprint density at radius 2 is 1.76 bits per heavy atom. The van der Waals surface area contributed by atoms with Gasteiger partial charge in [-0.3, -0.25) is 4.79 Å². The Morgan fingerprint density at radius 3 is 2.48 bits per heavy atom. The van der Waals surface area contributed by atoms with Crippen LogP contribution in [0.25, 0.3) is 11.6 Å². The predicted octanol–water partition coefficient (Wildman–Crippen LogP) is 2.78. The van der Waals surface area contributed by atoms with Crippen molar-refractivity contribution in [3.63, 3.8) is 0 Å². The molecule has 2 aromatic rings. The molecular weight excluding hydrogens is 318 g/mol. The Bertz CT molecular complexity index is 707.